The van der Waals surface area contributed by atoms with Gasteiger partial charge in [-0.05, 0) is 34.1 Å². The molecule has 18 heavy (non-hydrogen) atoms. The Labute approximate surface area is 118 Å². The van der Waals surface area contributed by atoms with Crippen LogP contribution < -0.4 is 15.2 Å². The fourth-order valence-corrected chi connectivity index (χ4v) is 2.08. The van der Waals surface area contributed by atoms with Crippen LogP contribution in [0.3, 0.4) is 0 Å². The van der Waals surface area contributed by atoms with E-state index in [2.05, 4.69) is 20.9 Å². The molecule has 2 N–H and O–H groups in total. The van der Waals surface area contributed by atoms with Crippen molar-refractivity contribution in [2.24, 2.45) is 0 Å². The third-order valence-electron chi connectivity index (χ3n) is 2.19. The van der Waals surface area contributed by atoms with Gasteiger partial charge in [0.2, 0.25) is 5.88 Å². The van der Waals surface area contributed by atoms with E-state index in [1.165, 1.54) is 6.20 Å². The van der Waals surface area contributed by atoms with E-state index >= 15 is 0 Å². The summed E-state index contributed by atoms with van der Waals surface area (Å²) < 4.78 is 11.3. The van der Waals surface area contributed by atoms with E-state index in [1.807, 2.05) is 0 Å². The first-order chi connectivity index (χ1) is 8.60. The van der Waals surface area contributed by atoms with Crippen LogP contribution in [-0.4, -0.2) is 12.1 Å². The molecule has 0 bridgehead atoms. The van der Waals surface area contributed by atoms with Gasteiger partial charge in [0.25, 0.3) is 0 Å². The molecule has 4 nitrogen and oxygen atoms in total. The lowest BCUT2D eigenvalue weighted by Crippen LogP contribution is -1.94. The molecule has 1 heterocycles. The van der Waals surface area contributed by atoms with Crippen LogP contribution >= 0.6 is 27.5 Å². The predicted octanol–water partition coefficient (Wildman–Crippen LogP) is 3.88. The number of ether oxygens (including phenoxy) is 2. The fourth-order valence-electron chi connectivity index (χ4n) is 1.36. The van der Waals surface area contributed by atoms with Crippen LogP contribution in [0.5, 0.6) is 17.4 Å². The van der Waals surface area contributed by atoms with Crippen LogP contribution in [0, 0.1) is 0 Å². The highest BCUT2D eigenvalue weighted by molar-refractivity contribution is 9.10. The molecule has 1 aromatic heterocycles. The van der Waals surface area contributed by atoms with Crippen molar-refractivity contribution in [3.8, 4) is 17.4 Å². The van der Waals surface area contributed by atoms with Gasteiger partial charge >= 0.3 is 0 Å². The summed E-state index contributed by atoms with van der Waals surface area (Å²) in [4.78, 5) is 4.07. The Morgan fingerprint density at radius 2 is 2.11 bits per heavy atom. The van der Waals surface area contributed by atoms with Crippen LogP contribution in [0.4, 0.5) is 5.69 Å². The SMILES string of the molecule is COc1ccc(Oc2ncc(Cl)cc2Br)cc1N. The lowest BCUT2D eigenvalue weighted by Gasteiger charge is -2.09. The van der Waals surface area contributed by atoms with Gasteiger partial charge in [0, 0.05) is 12.3 Å². The molecule has 0 radical (unpaired) electrons. The molecule has 0 fully saturated rings. The van der Waals surface area contributed by atoms with Crippen LogP contribution in [0.2, 0.25) is 5.02 Å². The van der Waals surface area contributed by atoms with Crippen molar-refractivity contribution >= 4 is 33.2 Å². The molecule has 0 spiro atoms. The first kappa shape index (κ1) is 13.0. The van der Waals surface area contributed by atoms with Gasteiger partial charge in [-0.2, -0.15) is 0 Å². The predicted molar refractivity (Wildman–Crippen MR) is 74.4 cm³/mol. The molecule has 0 amide bonds. The van der Waals surface area contributed by atoms with Gasteiger partial charge < -0.3 is 15.2 Å². The quantitative estimate of drug-likeness (QED) is 0.868. The maximum atomic E-state index is 5.80. The molecular weight excluding hydrogens is 320 g/mol. The zero-order valence-electron chi connectivity index (χ0n) is 9.48. The van der Waals surface area contributed by atoms with Crippen LogP contribution in [-0.2, 0) is 0 Å². The first-order valence-corrected chi connectivity index (χ1v) is 6.19. The summed E-state index contributed by atoms with van der Waals surface area (Å²) in [7, 11) is 1.56. The van der Waals surface area contributed by atoms with E-state index in [1.54, 1.807) is 31.4 Å². The number of methoxy groups -OCH3 is 1. The summed E-state index contributed by atoms with van der Waals surface area (Å²) in [5.41, 5.74) is 6.29. The lowest BCUT2D eigenvalue weighted by molar-refractivity contribution is 0.414. The molecular formula is C12H10BrClN2O2. The molecule has 0 saturated heterocycles. The molecule has 0 atom stereocenters. The van der Waals surface area contributed by atoms with E-state index < -0.39 is 0 Å². The molecule has 0 aliphatic carbocycles. The number of hydrogen-bond acceptors (Lipinski definition) is 4. The molecule has 2 rings (SSSR count). The minimum Gasteiger partial charge on any atom is -0.495 e. The zero-order chi connectivity index (χ0) is 13.1. The number of aromatic nitrogens is 1. The highest BCUT2D eigenvalue weighted by Gasteiger charge is 2.07. The van der Waals surface area contributed by atoms with E-state index in [4.69, 9.17) is 26.8 Å². The molecule has 0 saturated carbocycles. The number of nitrogens with two attached hydrogens (primary N) is 1. The maximum Gasteiger partial charge on any atom is 0.233 e. The Balaban J connectivity index is 2.26. The second-order valence-corrected chi connectivity index (χ2v) is 4.74. The maximum absolute atomic E-state index is 5.80. The monoisotopic (exact) mass is 328 g/mol. The highest BCUT2D eigenvalue weighted by Crippen LogP contribution is 2.32. The van der Waals surface area contributed by atoms with Crippen molar-refractivity contribution in [3.63, 3.8) is 0 Å². The largest absolute Gasteiger partial charge is 0.495 e. The second kappa shape index (κ2) is 5.46. The number of nitrogens with zero attached hydrogens (tertiary/aromatic N) is 1. The number of nitrogen functional groups attached to an aromatic ring is 1. The minimum atomic E-state index is 0.420. The topological polar surface area (TPSA) is 57.4 Å². The standard InChI is InChI=1S/C12H10BrClN2O2/c1-17-11-3-2-8(5-10(11)15)18-12-9(13)4-7(14)6-16-12/h2-6H,15H2,1H3. The number of anilines is 1. The average molecular weight is 330 g/mol. The van der Waals surface area contributed by atoms with E-state index in [0.717, 1.165) is 0 Å². The second-order valence-electron chi connectivity index (χ2n) is 3.45. The van der Waals surface area contributed by atoms with Gasteiger partial charge in [-0.1, -0.05) is 11.6 Å². The average Bonchev–Trinajstić information content (AvgIpc) is 2.33. The van der Waals surface area contributed by atoms with Gasteiger partial charge in [-0.25, -0.2) is 4.98 Å². The summed E-state index contributed by atoms with van der Waals surface area (Å²) in [6.45, 7) is 0. The summed E-state index contributed by atoms with van der Waals surface area (Å²) in [5.74, 6) is 1.60. The van der Waals surface area contributed by atoms with Gasteiger partial charge in [-0.3, -0.25) is 0 Å². The van der Waals surface area contributed by atoms with Crippen molar-refractivity contribution in [1.29, 1.82) is 0 Å². The van der Waals surface area contributed by atoms with Gasteiger partial charge in [0.1, 0.15) is 11.5 Å². The number of rotatable bonds is 3. The Morgan fingerprint density at radius 1 is 1.33 bits per heavy atom. The Bertz CT molecular complexity index is 578. The van der Waals surface area contributed by atoms with Gasteiger partial charge in [0.05, 0.1) is 22.3 Å². The number of benzene rings is 1. The molecule has 0 aliphatic heterocycles. The number of hydrogen-bond donors (Lipinski definition) is 1. The van der Waals surface area contributed by atoms with Crippen LogP contribution in [0.1, 0.15) is 0 Å². The van der Waals surface area contributed by atoms with Crippen molar-refractivity contribution in [1.82, 2.24) is 4.98 Å². The molecule has 2 aromatic rings. The van der Waals surface area contributed by atoms with Crippen LogP contribution in [0.25, 0.3) is 0 Å². The van der Waals surface area contributed by atoms with Gasteiger partial charge in [-0.15, -0.1) is 0 Å². The normalized spacial score (nSPS) is 10.2. The number of pyridine rings is 1. The Hall–Kier alpha value is -1.46. The van der Waals surface area contributed by atoms with Gasteiger partial charge in [0.15, 0.2) is 0 Å². The van der Waals surface area contributed by atoms with Crippen molar-refractivity contribution in [2.75, 3.05) is 12.8 Å². The lowest BCUT2D eigenvalue weighted by atomic mass is 10.3. The third kappa shape index (κ3) is 2.86. The molecule has 94 valence electrons. The summed E-state index contributed by atoms with van der Waals surface area (Å²) in [6, 6.07) is 6.85. The van der Waals surface area contributed by atoms with E-state index in [9.17, 15) is 0 Å². The minimum absolute atomic E-state index is 0.420. The molecule has 6 heteroatoms. The van der Waals surface area contributed by atoms with E-state index in [-0.39, 0.29) is 0 Å². The first-order valence-electron chi connectivity index (χ1n) is 5.02. The van der Waals surface area contributed by atoms with E-state index in [0.29, 0.717) is 32.6 Å². The Kier molecular flexibility index (Phi) is 3.93. The Morgan fingerprint density at radius 3 is 2.72 bits per heavy atom. The third-order valence-corrected chi connectivity index (χ3v) is 2.96. The summed E-state index contributed by atoms with van der Waals surface area (Å²) >= 11 is 9.12. The molecule has 1 aromatic carbocycles. The van der Waals surface area contributed by atoms with Crippen molar-refractivity contribution in [2.45, 2.75) is 0 Å². The fraction of sp³-hybridized carbons (Fsp3) is 0.0833. The number of halogens is 2. The summed E-state index contributed by atoms with van der Waals surface area (Å²) in [6.07, 6.45) is 1.51. The zero-order valence-corrected chi connectivity index (χ0v) is 11.8. The summed E-state index contributed by atoms with van der Waals surface area (Å²) in [5, 5.41) is 0.531. The molecule has 0 aliphatic rings. The highest BCUT2D eigenvalue weighted by atomic mass is 79.9. The smallest absolute Gasteiger partial charge is 0.233 e. The van der Waals surface area contributed by atoms with Crippen molar-refractivity contribution < 1.29 is 9.47 Å². The molecule has 0 unspecified atom stereocenters. The van der Waals surface area contributed by atoms with Crippen molar-refractivity contribution in [3.05, 3.63) is 40.0 Å². The van der Waals surface area contributed by atoms with Crippen LogP contribution in [0.15, 0.2) is 34.9 Å².